The summed E-state index contributed by atoms with van der Waals surface area (Å²) in [7, 11) is 0. The Morgan fingerprint density at radius 1 is 1.17 bits per heavy atom. The lowest BCUT2D eigenvalue weighted by Gasteiger charge is -2.03. The summed E-state index contributed by atoms with van der Waals surface area (Å²) in [4.78, 5) is 25.2. The molecule has 3 aromatic rings. The lowest BCUT2D eigenvalue weighted by molar-refractivity contribution is -0.113. The molecule has 1 amide bonds. The van der Waals surface area contributed by atoms with E-state index in [1.54, 1.807) is 0 Å². The minimum atomic E-state index is -0.102. The van der Waals surface area contributed by atoms with Gasteiger partial charge in [0.15, 0.2) is 10.3 Å². The van der Waals surface area contributed by atoms with Crippen LogP contribution in [0.4, 0.5) is 5.13 Å². The molecule has 0 fully saturated rings. The highest BCUT2D eigenvalue weighted by Crippen LogP contribution is 2.28. The molecule has 1 N–H and O–H groups in total. The van der Waals surface area contributed by atoms with Gasteiger partial charge in [-0.1, -0.05) is 35.2 Å². The Hall–Kier alpha value is -1.99. The zero-order valence-electron chi connectivity index (χ0n) is 13.1. The average molecular weight is 344 g/mol. The second-order valence-corrected chi connectivity index (χ2v) is 7.18. The van der Waals surface area contributed by atoms with Crippen molar-refractivity contribution in [2.45, 2.75) is 25.9 Å². The van der Waals surface area contributed by atoms with Crippen LogP contribution in [0.25, 0.3) is 10.2 Å². The number of carbonyl (C=O) groups is 1. The molecule has 0 atom stereocenters. The van der Waals surface area contributed by atoms with E-state index in [9.17, 15) is 4.79 Å². The maximum absolute atomic E-state index is 12.1. The minimum absolute atomic E-state index is 0.102. The van der Waals surface area contributed by atoms with E-state index in [0.717, 1.165) is 27.2 Å². The number of aryl methyl sites for hydroxylation is 3. The molecule has 0 aliphatic carbocycles. The Balaban J connectivity index is 1.65. The third kappa shape index (κ3) is 3.86. The van der Waals surface area contributed by atoms with Gasteiger partial charge in [-0.2, -0.15) is 0 Å². The maximum Gasteiger partial charge on any atom is 0.236 e. The summed E-state index contributed by atoms with van der Waals surface area (Å²) in [5, 5.41) is 4.10. The van der Waals surface area contributed by atoms with Crippen molar-refractivity contribution in [1.82, 2.24) is 15.0 Å². The molecule has 2 heterocycles. The molecule has 0 unspecified atom stereocenters. The van der Waals surface area contributed by atoms with E-state index >= 15 is 0 Å². The van der Waals surface area contributed by atoms with Crippen LogP contribution in [0.15, 0.2) is 29.4 Å². The minimum Gasteiger partial charge on any atom is -0.301 e. The summed E-state index contributed by atoms with van der Waals surface area (Å²) in [5.41, 5.74) is 3.86. The van der Waals surface area contributed by atoms with Gasteiger partial charge in [0, 0.05) is 11.4 Å². The van der Waals surface area contributed by atoms with Crippen LogP contribution in [-0.2, 0) is 4.79 Å². The Morgan fingerprint density at radius 2 is 1.91 bits per heavy atom. The normalized spacial score (nSPS) is 10.9. The molecular formula is C16H16N4OS2. The van der Waals surface area contributed by atoms with Crippen LogP contribution in [0.3, 0.4) is 0 Å². The highest BCUT2D eigenvalue weighted by Gasteiger charge is 2.10. The van der Waals surface area contributed by atoms with E-state index in [0.29, 0.717) is 10.3 Å². The van der Waals surface area contributed by atoms with Gasteiger partial charge >= 0.3 is 0 Å². The number of amides is 1. The quantitative estimate of drug-likeness (QED) is 0.577. The zero-order chi connectivity index (χ0) is 16.4. The van der Waals surface area contributed by atoms with Gasteiger partial charge in [0.05, 0.1) is 16.0 Å². The van der Waals surface area contributed by atoms with Gasteiger partial charge in [-0.15, -0.1) is 0 Å². The largest absolute Gasteiger partial charge is 0.301 e. The highest BCUT2D eigenvalue weighted by molar-refractivity contribution is 7.99. The van der Waals surface area contributed by atoms with Crippen molar-refractivity contribution in [3.05, 3.63) is 41.2 Å². The number of rotatable bonds is 4. The van der Waals surface area contributed by atoms with E-state index in [4.69, 9.17) is 0 Å². The Kier molecular flexibility index (Phi) is 4.58. The van der Waals surface area contributed by atoms with E-state index in [1.165, 1.54) is 23.1 Å². The second kappa shape index (κ2) is 6.64. The number of aromatic nitrogens is 3. The molecule has 0 saturated carbocycles. The SMILES string of the molecule is Cc1cc(C)nc(SCC(=O)Nc2nc3c(C)cccc3s2)n1. The van der Waals surface area contributed by atoms with E-state index in [1.807, 2.05) is 45.0 Å². The van der Waals surface area contributed by atoms with Crippen molar-refractivity contribution in [3.8, 4) is 0 Å². The molecule has 0 bridgehead atoms. The van der Waals surface area contributed by atoms with Gasteiger partial charge < -0.3 is 5.32 Å². The van der Waals surface area contributed by atoms with E-state index < -0.39 is 0 Å². The number of fused-ring (bicyclic) bond motifs is 1. The number of nitrogens with one attached hydrogen (secondary N) is 1. The summed E-state index contributed by atoms with van der Waals surface area (Å²) in [6.45, 7) is 5.85. The summed E-state index contributed by atoms with van der Waals surface area (Å²) in [5.74, 6) is 0.159. The topological polar surface area (TPSA) is 67.8 Å². The second-order valence-electron chi connectivity index (χ2n) is 5.21. The number of anilines is 1. The summed E-state index contributed by atoms with van der Waals surface area (Å²) in [6.07, 6.45) is 0. The fourth-order valence-electron chi connectivity index (χ4n) is 2.18. The first kappa shape index (κ1) is 15.9. The lowest BCUT2D eigenvalue weighted by Crippen LogP contribution is -2.14. The van der Waals surface area contributed by atoms with Crippen molar-refractivity contribution in [2.24, 2.45) is 0 Å². The Labute approximate surface area is 142 Å². The third-order valence-electron chi connectivity index (χ3n) is 3.16. The number of hydrogen-bond acceptors (Lipinski definition) is 6. The molecule has 0 aliphatic heterocycles. The molecule has 118 valence electrons. The number of nitrogens with zero attached hydrogens (tertiary/aromatic N) is 3. The van der Waals surface area contributed by atoms with Crippen LogP contribution in [0.1, 0.15) is 17.0 Å². The standard InChI is InChI=1S/C16H16N4OS2/c1-9-5-4-6-12-14(9)20-16(23-12)19-13(21)8-22-15-17-10(2)7-11(3)18-15/h4-7H,8H2,1-3H3,(H,19,20,21). The molecular weight excluding hydrogens is 328 g/mol. The summed E-state index contributed by atoms with van der Waals surface area (Å²) in [6, 6.07) is 7.93. The van der Waals surface area contributed by atoms with Gasteiger partial charge in [0.1, 0.15) is 0 Å². The molecule has 1 aromatic carbocycles. The number of hydrogen-bond donors (Lipinski definition) is 1. The molecule has 5 nitrogen and oxygen atoms in total. The first-order chi connectivity index (χ1) is 11.0. The van der Waals surface area contributed by atoms with Crippen molar-refractivity contribution < 1.29 is 4.79 Å². The molecule has 23 heavy (non-hydrogen) atoms. The first-order valence-corrected chi connectivity index (χ1v) is 8.92. The molecule has 2 aromatic heterocycles. The average Bonchev–Trinajstić information content (AvgIpc) is 2.88. The van der Waals surface area contributed by atoms with Gasteiger partial charge in [-0.25, -0.2) is 15.0 Å². The van der Waals surface area contributed by atoms with Gasteiger partial charge in [0.2, 0.25) is 5.91 Å². The zero-order valence-corrected chi connectivity index (χ0v) is 14.7. The van der Waals surface area contributed by atoms with Gasteiger partial charge in [-0.05, 0) is 38.5 Å². The summed E-state index contributed by atoms with van der Waals surface area (Å²) >= 11 is 2.81. The lowest BCUT2D eigenvalue weighted by atomic mass is 10.2. The molecule has 0 saturated heterocycles. The van der Waals surface area contributed by atoms with Crippen LogP contribution in [-0.4, -0.2) is 26.6 Å². The van der Waals surface area contributed by atoms with Crippen LogP contribution in [0.2, 0.25) is 0 Å². The van der Waals surface area contributed by atoms with Crippen LogP contribution >= 0.6 is 23.1 Å². The Bertz CT molecular complexity index is 855. The van der Waals surface area contributed by atoms with Crippen molar-refractivity contribution in [1.29, 1.82) is 0 Å². The maximum atomic E-state index is 12.1. The molecule has 3 rings (SSSR count). The monoisotopic (exact) mass is 344 g/mol. The van der Waals surface area contributed by atoms with Gasteiger partial charge in [0.25, 0.3) is 0 Å². The van der Waals surface area contributed by atoms with Crippen molar-refractivity contribution in [3.63, 3.8) is 0 Å². The summed E-state index contributed by atoms with van der Waals surface area (Å²) < 4.78 is 1.07. The van der Waals surface area contributed by atoms with Gasteiger partial charge in [-0.3, -0.25) is 4.79 Å². The van der Waals surface area contributed by atoms with Crippen molar-refractivity contribution >= 4 is 44.4 Å². The first-order valence-electron chi connectivity index (χ1n) is 7.12. The van der Waals surface area contributed by atoms with Crippen LogP contribution in [0.5, 0.6) is 0 Å². The van der Waals surface area contributed by atoms with Crippen LogP contribution < -0.4 is 5.32 Å². The van der Waals surface area contributed by atoms with Crippen LogP contribution in [0, 0.1) is 20.8 Å². The number of carbonyl (C=O) groups excluding carboxylic acids is 1. The number of benzene rings is 1. The smallest absolute Gasteiger partial charge is 0.236 e. The predicted molar refractivity (Wildman–Crippen MR) is 95.2 cm³/mol. The predicted octanol–water partition coefficient (Wildman–Crippen LogP) is 3.74. The number of para-hydroxylation sites is 1. The number of thiazole rings is 1. The fourth-order valence-corrected chi connectivity index (χ4v) is 3.89. The Morgan fingerprint density at radius 3 is 2.61 bits per heavy atom. The highest BCUT2D eigenvalue weighted by atomic mass is 32.2. The van der Waals surface area contributed by atoms with Crippen molar-refractivity contribution in [2.75, 3.05) is 11.1 Å². The molecule has 0 radical (unpaired) electrons. The van der Waals surface area contributed by atoms with E-state index in [2.05, 4.69) is 20.3 Å². The fraction of sp³-hybridized carbons (Fsp3) is 0.250. The molecule has 7 heteroatoms. The number of thioether (sulfide) groups is 1. The third-order valence-corrected chi connectivity index (χ3v) is 4.94. The molecule has 0 aliphatic rings. The molecule has 0 spiro atoms. The van der Waals surface area contributed by atoms with E-state index in [-0.39, 0.29) is 11.7 Å².